The summed E-state index contributed by atoms with van der Waals surface area (Å²) in [5, 5.41) is 6.40. The van der Waals surface area contributed by atoms with Crippen LogP contribution in [0.2, 0.25) is 0 Å². The number of amides is 1. The summed E-state index contributed by atoms with van der Waals surface area (Å²) in [6, 6.07) is 5.92. The highest BCUT2D eigenvalue weighted by Crippen LogP contribution is 2.40. The van der Waals surface area contributed by atoms with Crippen molar-refractivity contribution in [3.8, 4) is 0 Å². The number of fused-ring (bicyclic) bond motifs is 2. The topological polar surface area (TPSA) is 80.0 Å². The predicted octanol–water partition coefficient (Wildman–Crippen LogP) is 3.12. The first-order chi connectivity index (χ1) is 15.1. The number of aromatic nitrogens is 5. The third kappa shape index (κ3) is 3.15. The van der Waals surface area contributed by atoms with Crippen molar-refractivity contribution >= 4 is 43.8 Å². The zero-order chi connectivity index (χ0) is 21.1. The van der Waals surface area contributed by atoms with Crippen LogP contribution in [-0.2, 0) is 7.05 Å². The largest absolute Gasteiger partial charge is 0.344 e. The Morgan fingerprint density at radius 1 is 1.16 bits per heavy atom. The lowest BCUT2D eigenvalue weighted by molar-refractivity contribution is 0.0748. The van der Waals surface area contributed by atoms with Crippen molar-refractivity contribution in [2.75, 3.05) is 31.1 Å². The first kappa shape index (κ1) is 18.7. The third-order valence-corrected chi connectivity index (χ3v) is 7.25. The maximum Gasteiger partial charge on any atom is 0.254 e. The van der Waals surface area contributed by atoms with Crippen molar-refractivity contribution in [2.45, 2.75) is 25.7 Å². The van der Waals surface area contributed by atoms with Crippen LogP contribution in [0.4, 0.5) is 5.13 Å². The molecule has 0 aromatic carbocycles. The number of hydrogen-bond donors (Lipinski definition) is 0. The zero-order valence-corrected chi connectivity index (χ0v) is 18.4. The highest BCUT2D eigenvalue weighted by molar-refractivity contribution is 7.21. The van der Waals surface area contributed by atoms with E-state index in [1.165, 1.54) is 0 Å². The molecule has 0 bridgehead atoms. The molecule has 0 N–H and O–H groups in total. The van der Waals surface area contributed by atoms with Crippen LogP contribution in [0.25, 0.3) is 21.4 Å². The highest BCUT2D eigenvalue weighted by atomic mass is 32.1. The van der Waals surface area contributed by atoms with Crippen molar-refractivity contribution in [3.05, 3.63) is 41.3 Å². The van der Waals surface area contributed by atoms with Crippen LogP contribution in [-0.4, -0.2) is 61.7 Å². The Labute approximate surface area is 183 Å². The fourth-order valence-electron chi connectivity index (χ4n) is 4.39. The van der Waals surface area contributed by atoms with Crippen LogP contribution in [0.3, 0.4) is 0 Å². The molecule has 9 heteroatoms. The Hall–Kier alpha value is -3.07. The molecule has 1 aliphatic carbocycles. The molecule has 31 heavy (non-hydrogen) atoms. The quantitative estimate of drug-likeness (QED) is 0.494. The predicted molar refractivity (Wildman–Crippen MR) is 121 cm³/mol. The van der Waals surface area contributed by atoms with Gasteiger partial charge in [-0.25, -0.2) is 15.0 Å². The van der Waals surface area contributed by atoms with Gasteiger partial charge in [-0.2, -0.15) is 5.10 Å². The summed E-state index contributed by atoms with van der Waals surface area (Å²) in [7, 11) is 1.90. The first-order valence-electron chi connectivity index (χ1n) is 10.7. The van der Waals surface area contributed by atoms with Crippen molar-refractivity contribution in [1.29, 1.82) is 0 Å². The van der Waals surface area contributed by atoms with Crippen LogP contribution in [0.15, 0.2) is 24.4 Å². The number of aryl methyl sites for hydroxylation is 2. The molecule has 1 amide bonds. The molecule has 0 radical (unpaired) electrons. The monoisotopic (exact) mass is 433 g/mol. The molecule has 0 spiro atoms. The van der Waals surface area contributed by atoms with E-state index in [0.717, 1.165) is 69.4 Å². The third-order valence-electron chi connectivity index (χ3n) is 6.21. The fraction of sp³-hybridized carbons (Fsp3) is 0.409. The average molecular weight is 434 g/mol. The highest BCUT2D eigenvalue weighted by Gasteiger charge is 2.31. The zero-order valence-electron chi connectivity index (χ0n) is 17.6. The number of carbonyl (C=O) groups is 1. The number of pyridine rings is 2. The van der Waals surface area contributed by atoms with Crippen molar-refractivity contribution < 1.29 is 4.79 Å². The molecule has 4 aromatic rings. The maximum absolute atomic E-state index is 13.6. The molecule has 0 atom stereocenters. The second-order valence-electron chi connectivity index (χ2n) is 8.38. The summed E-state index contributed by atoms with van der Waals surface area (Å²) in [6.45, 7) is 4.83. The molecule has 1 saturated heterocycles. The summed E-state index contributed by atoms with van der Waals surface area (Å²) in [4.78, 5) is 32.7. The Morgan fingerprint density at radius 3 is 2.71 bits per heavy atom. The number of rotatable bonds is 3. The molecule has 1 saturated carbocycles. The van der Waals surface area contributed by atoms with E-state index in [0.29, 0.717) is 19.0 Å². The van der Waals surface area contributed by atoms with Gasteiger partial charge in [0.15, 0.2) is 10.8 Å². The molecule has 0 unspecified atom stereocenters. The lowest BCUT2D eigenvalue weighted by Crippen LogP contribution is -2.48. The van der Waals surface area contributed by atoms with E-state index < -0.39 is 0 Å². The van der Waals surface area contributed by atoms with Crippen molar-refractivity contribution in [2.24, 2.45) is 7.05 Å². The van der Waals surface area contributed by atoms with Gasteiger partial charge in [0.1, 0.15) is 10.3 Å². The lowest BCUT2D eigenvalue weighted by Gasteiger charge is -2.34. The van der Waals surface area contributed by atoms with Crippen molar-refractivity contribution in [1.82, 2.24) is 29.6 Å². The molecule has 158 valence electrons. The van der Waals surface area contributed by atoms with Gasteiger partial charge < -0.3 is 9.80 Å². The van der Waals surface area contributed by atoms with Crippen LogP contribution in [0.1, 0.15) is 40.5 Å². The normalized spacial score (nSPS) is 17.1. The Kier molecular flexibility index (Phi) is 4.21. The summed E-state index contributed by atoms with van der Waals surface area (Å²) in [5.41, 5.74) is 4.37. The van der Waals surface area contributed by atoms with E-state index in [9.17, 15) is 4.79 Å². The van der Waals surface area contributed by atoms with Gasteiger partial charge in [-0.15, -0.1) is 0 Å². The van der Waals surface area contributed by atoms with Crippen LogP contribution >= 0.6 is 11.3 Å². The smallest absolute Gasteiger partial charge is 0.254 e. The minimum Gasteiger partial charge on any atom is -0.344 e. The minimum absolute atomic E-state index is 0.0796. The maximum atomic E-state index is 13.6. The number of piperazine rings is 1. The molecule has 6 rings (SSSR count). The lowest BCUT2D eigenvalue weighted by atomic mass is 10.1. The van der Waals surface area contributed by atoms with E-state index in [1.54, 1.807) is 22.2 Å². The summed E-state index contributed by atoms with van der Waals surface area (Å²) < 4.78 is 1.80. The number of anilines is 1. The Morgan fingerprint density at radius 2 is 1.97 bits per heavy atom. The summed E-state index contributed by atoms with van der Waals surface area (Å²) in [6.07, 6.45) is 4.10. The molecule has 4 aromatic heterocycles. The molecule has 5 heterocycles. The number of hydrogen-bond acceptors (Lipinski definition) is 7. The number of carbonyl (C=O) groups excluding carboxylic acids is 1. The number of thiazole rings is 1. The minimum atomic E-state index is 0.0796. The van der Waals surface area contributed by atoms with Gasteiger partial charge in [0.2, 0.25) is 0 Å². The molecular weight excluding hydrogens is 410 g/mol. The van der Waals surface area contributed by atoms with E-state index in [2.05, 4.69) is 15.0 Å². The molecular formula is C22H23N7OS. The second kappa shape index (κ2) is 6.98. The summed E-state index contributed by atoms with van der Waals surface area (Å²) in [5.74, 6) is 0.562. The molecule has 2 aliphatic rings. The SMILES string of the molecule is Cc1nn(C)c2nc(C3CC3)cc(C(=O)N3CCN(c4nc5cccnc5s4)CC3)c12. The van der Waals surface area contributed by atoms with Crippen LogP contribution in [0, 0.1) is 6.92 Å². The Balaban J connectivity index is 1.27. The van der Waals surface area contributed by atoms with Gasteiger partial charge in [-0.3, -0.25) is 9.48 Å². The van der Waals surface area contributed by atoms with Crippen LogP contribution in [0.5, 0.6) is 0 Å². The number of nitrogens with zero attached hydrogens (tertiary/aromatic N) is 7. The molecule has 1 aliphatic heterocycles. The standard InChI is InChI=1S/C22H23N7OS/c1-13-18-15(12-17(14-5-6-14)24-19(18)27(2)26-13)21(30)28-8-10-29(11-9-28)22-25-16-4-3-7-23-20(16)31-22/h3-4,7,12,14H,5-6,8-11H2,1-2H3. The van der Waals surface area contributed by atoms with E-state index in [4.69, 9.17) is 9.97 Å². The average Bonchev–Trinajstić information content (AvgIpc) is 3.49. The Bertz CT molecular complexity index is 1280. The van der Waals surface area contributed by atoms with E-state index in [1.807, 2.05) is 37.1 Å². The van der Waals surface area contributed by atoms with Gasteiger partial charge in [0, 0.05) is 51.0 Å². The second-order valence-corrected chi connectivity index (χ2v) is 9.34. The van der Waals surface area contributed by atoms with E-state index in [-0.39, 0.29) is 5.91 Å². The van der Waals surface area contributed by atoms with Gasteiger partial charge in [-0.05, 0) is 38.0 Å². The van der Waals surface area contributed by atoms with Crippen molar-refractivity contribution in [3.63, 3.8) is 0 Å². The fourth-order valence-corrected chi connectivity index (χ4v) is 5.35. The van der Waals surface area contributed by atoms with Gasteiger partial charge in [0.25, 0.3) is 5.91 Å². The van der Waals surface area contributed by atoms with E-state index >= 15 is 0 Å². The van der Waals surface area contributed by atoms with Crippen LogP contribution < -0.4 is 4.90 Å². The molecule has 2 fully saturated rings. The van der Waals surface area contributed by atoms with Gasteiger partial charge in [-0.1, -0.05) is 11.3 Å². The molecule has 8 nitrogen and oxygen atoms in total. The van der Waals surface area contributed by atoms with Gasteiger partial charge >= 0.3 is 0 Å². The first-order valence-corrected chi connectivity index (χ1v) is 11.5. The van der Waals surface area contributed by atoms with Gasteiger partial charge in [0.05, 0.1) is 16.6 Å². The summed E-state index contributed by atoms with van der Waals surface area (Å²) >= 11 is 1.61.